The highest BCUT2D eigenvalue weighted by atomic mass is 35.5. The molecule has 2 aromatic rings. The molecule has 0 fully saturated rings. The van der Waals surface area contributed by atoms with E-state index < -0.39 is 18.1 Å². The van der Waals surface area contributed by atoms with Gasteiger partial charge in [-0.2, -0.15) is 13.2 Å². The van der Waals surface area contributed by atoms with E-state index in [1.807, 2.05) is 12.1 Å². The minimum atomic E-state index is -4.52. The number of amides is 1. The highest BCUT2D eigenvalue weighted by Gasteiger charge is 2.58. The normalized spacial score (nSPS) is 22.9. The van der Waals surface area contributed by atoms with Crippen molar-refractivity contribution < 1.29 is 18.0 Å². The lowest BCUT2D eigenvalue weighted by molar-refractivity contribution is -0.183. The summed E-state index contributed by atoms with van der Waals surface area (Å²) in [7, 11) is 0. The third-order valence-electron chi connectivity index (χ3n) is 6.18. The number of aryl methyl sites for hydroxylation is 1. The van der Waals surface area contributed by atoms with Crippen LogP contribution in [0.15, 0.2) is 41.4 Å². The Morgan fingerprint density at radius 2 is 1.90 bits per heavy atom. The van der Waals surface area contributed by atoms with Gasteiger partial charge in [0.05, 0.1) is 12.6 Å². The van der Waals surface area contributed by atoms with Crippen molar-refractivity contribution in [2.24, 2.45) is 4.99 Å². The molecule has 0 saturated carbocycles. The van der Waals surface area contributed by atoms with E-state index in [0.29, 0.717) is 17.7 Å². The molecule has 2 aromatic carbocycles. The van der Waals surface area contributed by atoms with Crippen molar-refractivity contribution in [1.29, 1.82) is 0 Å². The number of nitrogens with one attached hydrogen (secondary N) is 1. The Hall–Kier alpha value is -2.05. The lowest BCUT2D eigenvalue weighted by Crippen LogP contribution is -2.43. The zero-order chi connectivity index (χ0) is 22.4. The van der Waals surface area contributed by atoms with Gasteiger partial charge < -0.3 is 5.32 Å². The van der Waals surface area contributed by atoms with E-state index in [2.05, 4.69) is 10.3 Å². The minimum Gasteiger partial charge on any atom is -0.349 e. The van der Waals surface area contributed by atoms with Crippen molar-refractivity contribution in [3.63, 3.8) is 0 Å². The van der Waals surface area contributed by atoms with Crippen LogP contribution in [0.4, 0.5) is 13.2 Å². The van der Waals surface area contributed by atoms with Gasteiger partial charge in [0.2, 0.25) is 5.91 Å². The van der Waals surface area contributed by atoms with Gasteiger partial charge >= 0.3 is 6.18 Å². The van der Waals surface area contributed by atoms with Crippen molar-refractivity contribution in [3.05, 3.63) is 68.7 Å². The number of hydrogen-bond donors (Lipinski definition) is 1. The van der Waals surface area contributed by atoms with Crippen LogP contribution in [0.5, 0.6) is 0 Å². The standard InChI is InChI=1S/C23H21Cl2F3N2O/c1-2-21(31)30-19-6-4-13-7-14(3-5-18(13)19)20-11-22(12-29-20,23(26,27)28)15-8-16(24)10-17(25)9-15/h3,5,7-10,19H,2,4,6,11-12H2,1H3,(H,30,31). The summed E-state index contributed by atoms with van der Waals surface area (Å²) in [6, 6.07) is 9.61. The molecule has 1 aliphatic heterocycles. The van der Waals surface area contributed by atoms with Crippen LogP contribution in [0, 0.1) is 0 Å². The molecule has 1 heterocycles. The summed E-state index contributed by atoms with van der Waals surface area (Å²) in [6.07, 6.45) is -2.84. The molecule has 4 rings (SSSR count). The second-order valence-electron chi connectivity index (χ2n) is 8.10. The van der Waals surface area contributed by atoms with Crippen LogP contribution in [0.25, 0.3) is 0 Å². The summed E-state index contributed by atoms with van der Waals surface area (Å²) in [5, 5.41) is 3.32. The average Bonchev–Trinajstić information content (AvgIpc) is 3.32. The monoisotopic (exact) mass is 468 g/mol. The highest BCUT2D eigenvalue weighted by molar-refractivity contribution is 6.34. The Labute approximate surface area is 188 Å². The first-order chi connectivity index (χ1) is 14.6. The molecule has 0 saturated heterocycles. The third-order valence-corrected chi connectivity index (χ3v) is 6.61. The number of fused-ring (bicyclic) bond motifs is 1. The molecule has 0 radical (unpaired) electrons. The lowest BCUT2D eigenvalue weighted by Gasteiger charge is -2.31. The van der Waals surface area contributed by atoms with Crippen LogP contribution in [0.3, 0.4) is 0 Å². The van der Waals surface area contributed by atoms with Crippen LogP contribution in [-0.4, -0.2) is 24.3 Å². The molecule has 2 aliphatic rings. The fourth-order valence-corrected chi connectivity index (χ4v) is 4.97. The number of benzene rings is 2. The topological polar surface area (TPSA) is 41.5 Å². The van der Waals surface area contributed by atoms with Gasteiger partial charge in [-0.15, -0.1) is 0 Å². The van der Waals surface area contributed by atoms with Crippen LogP contribution < -0.4 is 5.32 Å². The number of hydrogen-bond acceptors (Lipinski definition) is 2. The summed E-state index contributed by atoms with van der Waals surface area (Å²) >= 11 is 12.0. The molecular weight excluding hydrogens is 448 g/mol. The van der Waals surface area contributed by atoms with E-state index in [1.54, 1.807) is 13.0 Å². The molecule has 31 heavy (non-hydrogen) atoms. The van der Waals surface area contributed by atoms with Gasteiger partial charge in [-0.1, -0.05) is 42.3 Å². The van der Waals surface area contributed by atoms with Gasteiger partial charge in [0.25, 0.3) is 0 Å². The van der Waals surface area contributed by atoms with E-state index >= 15 is 0 Å². The second-order valence-corrected chi connectivity index (χ2v) is 8.98. The summed E-state index contributed by atoms with van der Waals surface area (Å²) < 4.78 is 42.8. The number of nitrogens with zero attached hydrogens (tertiary/aromatic N) is 1. The van der Waals surface area contributed by atoms with Gasteiger partial charge in [-0.25, -0.2) is 0 Å². The Bertz CT molecular complexity index is 1050. The van der Waals surface area contributed by atoms with E-state index in [9.17, 15) is 18.0 Å². The predicted octanol–water partition coefficient (Wildman–Crippen LogP) is 6.20. The molecule has 0 bridgehead atoms. The lowest BCUT2D eigenvalue weighted by atomic mass is 9.76. The number of alkyl halides is 3. The summed E-state index contributed by atoms with van der Waals surface area (Å²) in [5.41, 5.74) is 1.02. The van der Waals surface area contributed by atoms with Gasteiger partial charge in [0.15, 0.2) is 0 Å². The Kier molecular flexibility index (Phi) is 5.81. The maximum Gasteiger partial charge on any atom is 0.400 e. The number of carbonyl (C=O) groups excluding carboxylic acids is 1. The fraction of sp³-hybridized carbons (Fsp3) is 0.391. The van der Waals surface area contributed by atoms with Crippen molar-refractivity contribution >= 4 is 34.8 Å². The molecule has 0 aromatic heterocycles. The average molecular weight is 469 g/mol. The summed E-state index contributed by atoms with van der Waals surface area (Å²) in [5.74, 6) is -0.0164. The molecule has 8 heteroatoms. The van der Waals surface area contributed by atoms with E-state index in [0.717, 1.165) is 24.0 Å². The van der Waals surface area contributed by atoms with Gasteiger partial charge in [0.1, 0.15) is 5.41 Å². The zero-order valence-electron chi connectivity index (χ0n) is 16.8. The van der Waals surface area contributed by atoms with E-state index in [1.165, 1.54) is 18.2 Å². The molecule has 1 aliphatic carbocycles. The molecule has 164 valence electrons. The van der Waals surface area contributed by atoms with Crippen LogP contribution in [0.1, 0.15) is 54.5 Å². The van der Waals surface area contributed by atoms with Crippen LogP contribution in [-0.2, 0) is 16.6 Å². The number of halogens is 5. The molecule has 2 unspecified atom stereocenters. The molecule has 1 N–H and O–H groups in total. The second kappa shape index (κ2) is 8.14. The third kappa shape index (κ3) is 4.08. The van der Waals surface area contributed by atoms with Gasteiger partial charge in [-0.05, 0) is 59.4 Å². The van der Waals surface area contributed by atoms with Crippen LogP contribution >= 0.6 is 23.2 Å². The minimum absolute atomic E-state index is 0.0164. The summed E-state index contributed by atoms with van der Waals surface area (Å²) in [6.45, 7) is 1.39. The van der Waals surface area contributed by atoms with Crippen LogP contribution in [0.2, 0.25) is 10.0 Å². The van der Waals surface area contributed by atoms with Gasteiger partial charge in [-0.3, -0.25) is 9.79 Å². The first-order valence-electron chi connectivity index (χ1n) is 10.1. The Morgan fingerprint density at radius 1 is 1.19 bits per heavy atom. The Morgan fingerprint density at radius 3 is 2.55 bits per heavy atom. The summed E-state index contributed by atoms with van der Waals surface area (Å²) in [4.78, 5) is 16.1. The quantitative estimate of drug-likeness (QED) is 0.569. The van der Waals surface area contributed by atoms with Crippen molar-refractivity contribution in [2.75, 3.05) is 6.54 Å². The molecule has 2 atom stereocenters. The Balaban J connectivity index is 1.63. The molecule has 3 nitrogen and oxygen atoms in total. The number of rotatable bonds is 4. The molecule has 1 amide bonds. The maximum absolute atomic E-state index is 14.3. The van der Waals surface area contributed by atoms with E-state index in [4.69, 9.17) is 23.2 Å². The fourth-order valence-electron chi connectivity index (χ4n) is 4.44. The molecular formula is C23H21Cl2F3N2O. The first-order valence-corrected chi connectivity index (χ1v) is 10.9. The van der Waals surface area contributed by atoms with Crippen molar-refractivity contribution in [2.45, 2.75) is 50.2 Å². The van der Waals surface area contributed by atoms with Gasteiger partial charge in [0, 0.05) is 28.6 Å². The SMILES string of the molecule is CCC(=O)NC1CCc2cc(C3=NCC(c4cc(Cl)cc(Cl)c4)(C(F)(F)F)C3)ccc21. The van der Waals surface area contributed by atoms with Crippen molar-refractivity contribution in [1.82, 2.24) is 5.32 Å². The first kappa shape index (κ1) is 22.2. The van der Waals surface area contributed by atoms with E-state index in [-0.39, 0.29) is 34.0 Å². The number of aliphatic imine (C=N–C) groups is 1. The zero-order valence-corrected chi connectivity index (χ0v) is 18.3. The molecule has 0 spiro atoms. The highest BCUT2D eigenvalue weighted by Crippen LogP contribution is 2.49. The largest absolute Gasteiger partial charge is 0.400 e. The predicted molar refractivity (Wildman–Crippen MR) is 116 cm³/mol. The number of carbonyl (C=O) groups is 1. The maximum atomic E-state index is 14.3. The van der Waals surface area contributed by atoms with Crippen molar-refractivity contribution in [3.8, 4) is 0 Å². The smallest absolute Gasteiger partial charge is 0.349 e.